The molecule has 32 heavy (non-hydrogen) atoms. The second-order valence-electron chi connectivity index (χ2n) is 7.92. The van der Waals surface area contributed by atoms with Gasteiger partial charge in [-0.05, 0) is 43.2 Å². The van der Waals surface area contributed by atoms with Crippen molar-refractivity contribution in [3.63, 3.8) is 0 Å². The number of furan rings is 1. The molecule has 9 heteroatoms. The van der Waals surface area contributed by atoms with Crippen molar-refractivity contribution in [2.24, 2.45) is 0 Å². The zero-order valence-electron chi connectivity index (χ0n) is 17.3. The molecule has 2 aromatic rings. The van der Waals surface area contributed by atoms with E-state index in [9.17, 15) is 24.4 Å². The number of hydrogen-bond donors (Lipinski definition) is 1. The summed E-state index contributed by atoms with van der Waals surface area (Å²) >= 11 is 0. The highest BCUT2D eigenvalue weighted by atomic mass is 16.5. The number of benzene rings is 1. The lowest BCUT2D eigenvalue weighted by atomic mass is 9.83. The van der Waals surface area contributed by atoms with Crippen LogP contribution in [-0.4, -0.2) is 40.7 Å². The monoisotopic (exact) mass is 435 g/mol. The van der Waals surface area contributed by atoms with Crippen LogP contribution < -0.4 is 5.32 Å². The molecule has 0 radical (unpaired) electrons. The average molecular weight is 435 g/mol. The predicted molar refractivity (Wildman–Crippen MR) is 109 cm³/mol. The van der Waals surface area contributed by atoms with E-state index in [0.29, 0.717) is 18.6 Å². The summed E-state index contributed by atoms with van der Waals surface area (Å²) < 4.78 is 10.3. The van der Waals surface area contributed by atoms with Crippen LogP contribution in [0.25, 0.3) is 0 Å². The average Bonchev–Trinajstić information content (AvgIpc) is 3.41. The molecule has 0 saturated heterocycles. The van der Waals surface area contributed by atoms with E-state index in [1.807, 2.05) is 0 Å². The number of imide groups is 1. The number of nitriles is 1. The smallest absolute Gasteiger partial charge is 0.338 e. The predicted octanol–water partition coefficient (Wildman–Crippen LogP) is 2.58. The van der Waals surface area contributed by atoms with Crippen LogP contribution in [-0.2, 0) is 16.1 Å². The number of rotatable bonds is 6. The van der Waals surface area contributed by atoms with E-state index >= 15 is 0 Å². The van der Waals surface area contributed by atoms with E-state index in [2.05, 4.69) is 11.4 Å². The molecule has 1 saturated carbocycles. The van der Waals surface area contributed by atoms with Crippen LogP contribution in [0.1, 0.15) is 68.9 Å². The van der Waals surface area contributed by atoms with Gasteiger partial charge in [-0.25, -0.2) is 4.79 Å². The lowest BCUT2D eigenvalue weighted by Crippen LogP contribution is -2.50. The maximum absolute atomic E-state index is 12.7. The van der Waals surface area contributed by atoms with Gasteiger partial charge in [0.2, 0.25) is 0 Å². The third-order valence-electron chi connectivity index (χ3n) is 5.73. The molecule has 1 N–H and O–H groups in total. The zero-order chi connectivity index (χ0) is 22.7. The Morgan fingerprint density at radius 2 is 1.88 bits per heavy atom. The minimum absolute atomic E-state index is 0.0139. The highest BCUT2D eigenvalue weighted by molar-refractivity contribution is 6.21. The number of esters is 1. The number of carbonyl (C=O) groups is 4. The summed E-state index contributed by atoms with van der Waals surface area (Å²) in [6.45, 7) is -0.559. The van der Waals surface area contributed by atoms with Crippen molar-refractivity contribution in [3.05, 3.63) is 59.0 Å². The molecule has 0 bridgehead atoms. The van der Waals surface area contributed by atoms with E-state index in [0.717, 1.165) is 24.2 Å². The number of ether oxygens (including phenoxy) is 1. The van der Waals surface area contributed by atoms with Crippen molar-refractivity contribution < 1.29 is 28.3 Å². The van der Waals surface area contributed by atoms with Crippen molar-refractivity contribution in [2.45, 2.75) is 44.2 Å². The van der Waals surface area contributed by atoms with E-state index in [1.165, 1.54) is 24.5 Å². The van der Waals surface area contributed by atoms with Crippen LogP contribution in [0.3, 0.4) is 0 Å². The number of nitrogens with zero attached hydrogens (tertiary/aromatic N) is 2. The molecular weight excluding hydrogens is 414 g/mol. The number of hydrogen-bond acceptors (Lipinski definition) is 7. The SMILES string of the molecule is N#CC1(NC(=O)COC(=O)c2ccc3c(c2)C(=O)N(Cc2ccco2)C3=O)CCCCC1. The molecule has 1 aliphatic carbocycles. The minimum atomic E-state index is -0.917. The van der Waals surface area contributed by atoms with E-state index in [1.54, 1.807) is 12.1 Å². The number of carbonyl (C=O) groups excluding carboxylic acids is 4. The number of nitrogens with one attached hydrogen (secondary N) is 1. The molecule has 3 amide bonds. The van der Waals surface area contributed by atoms with Gasteiger partial charge in [-0.2, -0.15) is 5.26 Å². The molecule has 1 aromatic carbocycles. The fourth-order valence-corrected chi connectivity index (χ4v) is 4.06. The molecule has 164 valence electrons. The Morgan fingerprint density at radius 1 is 1.12 bits per heavy atom. The van der Waals surface area contributed by atoms with Gasteiger partial charge in [0.25, 0.3) is 17.7 Å². The maximum Gasteiger partial charge on any atom is 0.338 e. The van der Waals surface area contributed by atoms with Gasteiger partial charge in [-0.15, -0.1) is 0 Å². The van der Waals surface area contributed by atoms with E-state index < -0.39 is 35.8 Å². The maximum atomic E-state index is 12.7. The summed E-state index contributed by atoms with van der Waals surface area (Å²) in [7, 11) is 0. The Bertz CT molecular complexity index is 1110. The largest absolute Gasteiger partial charge is 0.467 e. The Balaban J connectivity index is 1.39. The fraction of sp³-hybridized carbons (Fsp3) is 0.348. The molecule has 4 rings (SSSR count). The van der Waals surface area contributed by atoms with Crippen molar-refractivity contribution in [3.8, 4) is 6.07 Å². The van der Waals surface area contributed by atoms with Gasteiger partial charge in [0.15, 0.2) is 6.61 Å². The summed E-state index contributed by atoms with van der Waals surface area (Å²) in [5, 5.41) is 12.1. The zero-order valence-corrected chi connectivity index (χ0v) is 17.3. The molecule has 1 aromatic heterocycles. The van der Waals surface area contributed by atoms with Gasteiger partial charge >= 0.3 is 5.97 Å². The van der Waals surface area contributed by atoms with Crippen LogP contribution in [0.4, 0.5) is 0 Å². The summed E-state index contributed by atoms with van der Waals surface area (Å²) in [6.07, 6.45) is 5.31. The normalized spacial score (nSPS) is 16.9. The summed E-state index contributed by atoms with van der Waals surface area (Å²) in [5.74, 6) is -1.92. The van der Waals surface area contributed by atoms with Crippen LogP contribution in [0, 0.1) is 11.3 Å². The first kappa shape index (κ1) is 21.3. The quantitative estimate of drug-likeness (QED) is 0.545. The van der Waals surface area contributed by atoms with E-state index in [4.69, 9.17) is 9.15 Å². The first-order chi connectivity index (χ1) is 15.4. The van der Waals surface area contributed by atoms with Crippen molar-refractivity contribution in [1.29, 1.82) is 5.26 Å². The van der Waals surface area contributed by atoms with Crippen LogP contribution in [0.15, 0.2) is 41.0 Å². The van der Waals surface area contributed by atoms with Gasteiger partial charge in [0.1, 0.15) is 11.3 Å². The van der Waals surface area contributed by atoms with Gasteiger partial charge in [0, 0.05) is 0 Å². The third kappa shape index (κ3) is 4.12. The van der Waals surface area contributed by atoms with Crippen LogP contribution in [0.5, 0.6) is 0 Å². The minimum Gasteiger partial charge on any atom is -0.467 e. The Kier molecular flexibility index (Phi) is 5.77. The Labute approximate surface area is 183 Å². The lowest BCUT2D eigenvalue weighted by molar-refractivity contribution is -0.125. The molecule has 2 aliphatic rings. The lowest BCUT2D eigenvalue weighted by Gasteiger charge is -2.31. The second-order valence-corrected chi connectivity index (χ2v) is 7.92. The van der Waals surface area contributed by atoms with Crippen molar-refractivity contribution >= 4 is 23.7 Å². The fourth-order valence-electron chi connectivity index (χ4n) is 4.06. The summed E-state index contributed by atoms with van der Waals surface area (Å²) in [6, 6.07) is 9.53. The van der Waals surface area contributed by atoms with Gasteiger partial charge < -0.3 is 14.5 Å². The van der Waals surface area contributed by atoms with Crippen LogP contribution >= 0.6 is 0 Å². The Morgan fingerprint density at radius 3 is 2.56 bits per heavy atom. The topological polar surface area (TPSA) is 130 Å². The molecule has 1 aliphatic heterocycles. The summed E-state index contributed by atoms with van der Waals surface area (Å²) in [4.78, 5) is 50.9. The van der Waals surface area contributed by atoms with Gasteiger partial charge in [0.05, 0.1) is 35.6 Å². The van der Waals surface area contributed by atoms with E-state index in [-0.39, 0.29) is 23.2 Å². The van der Waals surface area contributed by atoms with Gasteiger partial charge in [-0.1, -0.05) is 19.3 Å². The third-order valence-corrected chi connectivity index (χ3v) is 5.73. The second kappa shape index (κ2) is 8.67. The molecule has 0 unspecified atom stereocenters. The van der Waals surface area contributed by atoms with Crippen molar-refractivity contribution in [1.82, 2.24) is 10.2 Å². The molecular formula is C23H21N3O6. The molecule has 2 heterocycles. The first-order valence-electron chi connectivity index (χ1n) is 10.3. The molecule has 0 spiro atoms. The number of fused-ring (bicyclic) bond motifs is 1. The standard InChI is InChI=1S/C23H21N3O6/c24-14-23(8-2-1-3-9-23)25-19(27)13-32-22(30)15-6-7-17-18(11-15)21(29)26(20(17)28)12-16-5-4-10-31-16/h4-7,10-11H,1-3,8-9,12-13H2,(H,25,27). The van der Waals surface area contributed by atoms with Gasteiger partial charge in [-0.3, -0.25) is 19.3 Å². The first-order valence-corrected chi connectivity index (χ1v) is 10.3. The Hall–Kier alpha value is -3.93. The molecule has 0 atom stereocenters. The number of amides is 3. The highest BCUT2D eigenvalue weighted by Gasteiger charge is 2.37. The van der Waals surface area contributed by atoms with Crippen molar-refractivity contribution in [2.75, 3.05) is 6.61 Å². The highest BCUT2D eigenvalue weighted by Crippen LogP contribution is 2.28. The molecule has 9 nitrogen and oxygen atoms in total. The molecule has 1 fully saturated rings. The van der Waals surface area contributed by atoms with Crippen LogP contribution in [0.2, 0.25) is 0 Å². The summed E-state index contributed by atoms with van der Waals surface area (Å²) in [5.41, 5.74) is -0.597.